The Bertz CT molecular complexity index is 1290. The number of thioether (sulfide) groups is 1. The van der Waals surface area contributed by atoms with E-state index in [4.69, 9.17) is 18.3 Å². The summed E-state index contributed by atoms with van der Waals surface area (Å²) in [4.78, 5) is 11.8. The second-order valence-corrected chi connectivity index (χ2v) is 8.51. The molecule has 0 amide bonds. The highest BCUT2D eigenvalue weighted by Crippen LogP contribution is 2.34. The van der Waals surface area contributed by atoms with Crippen LogP contribution in [0.4, 0.5) is 0 Å². The van der Waals surface area contributed by atoms with Gasteiger partial charge in [-0.1, -0.05) is 28.1 Å². The number of carbonyl (C=O) groups is 1. The van der Waals surface area contributed by atoms with Crippen LogP contribution in [0.5, 0.6) is 11.5 Å². The smallest absolute Gasteiger partial charge is 0.342 e. The van der Waals surface area contributed by atoms with Crippen molar-refractivity contribution in [2.75, 3.05) is 14.2 Å². The number of carboxylic acid groups (broad SMARTS) is 1. The lowest BCUT2D eigenvalue weighted by Gasteiger charge is -2.05. The number of ether oxygens (including phenoxy) is 2. The van der Waals surface area contributed by atoms with Gasteiger partial charge in [-0.2, -0.15) is 0 Å². The van der Waals surface area contributed by atoms with Crippen LogP contribution >= 0.6 is 27.7 Å². The van der Waals surface area contributed by atoms with Crippen LogP contribution in [-0.4, -0.2) is 35.5 Å². The standard InChI is InChI=1S/C23H17BrN2O6S/c1-29-17-9-14(10-18(11-17)30-2)21-25-26-23(32-21)33-20(22(27)28)12-16-7-8-19(31-16)13-3-5-15(24)6-4-13/h3-12H,1-2H3,(H,27,28)/b20-12-. The highest BCUT2D eigenvalue weighted by Gasteiger charge is 2.18. The second-order valence-electron chi connectivity index (χ2n) is 6.60. The summed E-state index contributed by atoms with van der Waals surface area (Å²) in [5.74, 6) is 1.18. The van der Waals surface area contributed by atoms with Gasteiger partial charge in [-0.3, -0.25) is 0 Å². The van der Waals surface area contributed by atoms with Crippen molar-refractivity contribution in [3.8, 4) is 34.3 Å². The molecular weight excluding hydrogens is 512 g/mol. The van der Waals surface area contributed by atoms with Crippen LogP contribution in [0.3, 0.4) is 0 Å². The molecule has 168 valence electrons. The minimum absolute atomic E-state index is 0.0369. The van der Waals surface area contributed by atoms with Gasteiger partial charge in [0.25, 0.3) is 5.22 Å². The Balaban J connectivity index is 1.56. The minimum atomic E-state index is -1.15. The lowest BCUT2D eigenvalue weighted by atomic mass is 10.2. The van der Waals surface area contributed by atoms with Gasteiger partial charge in [0, 0.05) is 27.7 Å². The predicted molar refractivity (Wildman–Crippen MR) is 126 cm³/mol. The van der Waals surface area contributed by atoms with E-state index in [-0.39, 0.29) is 16.0 Å². The second kappa shape index (κ2) is 9.97. The van der Waals surface area contributed by atoms with Crippen LogP contribution in [0.1, 0.15) is 5.76 Å². The summed E-state index contributed by atoms with van der Waals surface area (Å²) in [6, 6.07) is 16.2. The lowest BCUT2D eigenvalue weighted by Crippen LogP contribution is -1.96. The fourth-order valence-electron chi connectivity index (χ4n) is 2.86. The molecule has 0 fully saturated rings. The van der Waals surface area contributed by atoms with Crippen molar-refractivity contribution in [1.82, 2.24) is 10.2 Å². The van der Waals surface area contributed by atoms with Crippen molar-refractivity contribution in [3.05, 3.63) is 69.7 Å². The van der Waals surface area contributed by atoms with E-state index in [1.165, 1.54) is 20.3 Å². The van der Waals surface area contributed by atoms with Crippen LogP contribution < -0.4 is 9.47 Å². The molecule has 8 nitrogen and oxygen atoms in total. The maximum Gasteiger partial charge on any atom is 0.342 e. The normalized spacial score (nSPS) is 11.4. The van der Waals surface area contributed by atoms with Crippen molar-refractivity contribution in [2.45, 2.75) is 5.22 Å². The van der Waals surface area contributed by atoms with Crippen LogP contribution in [0.15, 0.2) is 78.0 Å². The fourth-order valence-corrected chi connectivity index (χ4v) is 3.77. The summed E-state index contributed by atoms with van der Waals surface area (Å²) >= 11 is 4.22. The van der Waals surface area contributed by atoms with Gasteiger partial charge in [0.1, 0.15) is 27.9 Å². The van der Waals surface area contributed by atoms with Crippen molar-refractivity contribution < 1.29 is 28.2 Å². The summed E-state index contributed by atoms with van der Waals surface area (Å²) in [6.07, 6.45) is 1.41. The first-order valence-corrected chi connectivity index (χ1v) is 11.1. The molecule has 1 N–H and O–H groups in total. The maximum absolute atomic E-state index is 11.8. The Kier molecular flexibility index (Phi) is 6.85. The van der Waals surface area contributed by atoms with Crippen molar-refractivity contribution in [2.24, 2.45) is 0 Å². The molecule has 33 heavy (non-hydrogen) atoms. The molecule has 0 saturated heterocycles. The number of nitrogens with zero attached hydrogens (tertiary/aromatic N) is 2. The Morgan fingerprint density at radius 3 is 2.30 bits per heavy atom. The molecule has 0 radical (unpaired) electrons. The Morgan fingerprint density at radius 1 is 0.970 bits per heavy atom. The molecule has 0 unspecified atom stereocenters. The maximum atomic E-state index is 11.8. The van der Waals surface area contributed by atoms with Gasteiger partial charge in [-0.05, 0) is 48.2 Å². The zero-order valence-electron chi connectivity index (χ0n) is 17.4. The fraction of sp³-hybridized carbons (Fsp3) is 0.0870. The van der Waals surface area contributed by atoms with Crippen LogP contribution in [0, 0.1) is 0 Å². The van der Waals surface area contributed by atoms with E-state index in [0.717, 1.165) is 21.8 Å². The number of hydrogen-bond donors (Lipinski definition) is 1. The minimum Gasteiger partial charge on any atom is -0.497 e. The number of benzene rings is 2. The molecule has 2 aromatic carbocycles. The SMILES string of the molecule is COc1cc(OC)cc(-c2nnc(S/C(=C\c3ccc(-c4ccc(Br)cc4)o3)C(=O)O)o2)c1. The molecule has 0 saturated carbocycles. The molecule has 0 bridgehead atoms. The molecule has 0 aliphatic carbocycles. The number of carboxylic acids is 1. The molecule has 0 aliphatic rings. The van der Waals surface area contributed by atoms with Gasteiger partial charge in [0.05, 0.1) is 14.2 Å². The molecule has 2 aromatic heterocycles. The quantitative estimate of drug-likeness (QED) is 0.217. The van der Waals surface area contributed by atoms with E-state index in [1.807, 2.05) is 24.3 Å². The summed E-state index contributed by atoms with van der Waals surface area (Å²) in [7, 11) is 3.07. The average Bonchev–Trinajstić information content (AvgIpc) is 3.48. The largest absolute Gasteiger partial charge is 0.497 e. The van der Waals surface area contributed by atoms with Crippen molar-refractivity contribution in [3.63, 3.8) is 0 Å². The molecule has 2 heterocycles. The number of hydrogen-bond acceptors (Lipinski definition) is 8. The molecule has 0 aliphatic heterocycles. The van der Waals surface area contributed by atoms with Gasteiger partial charge in [0.15, 0.2) is 0 Å². The van der Waals surface area contributed by atoms with E-state index < -0.39 is 5.97 Å². The first-order valence-electron chi connectivity index (χ1n) is 9.50. The first kappa shape index (κ1) is 22.7. The van der Waals surface area contributed by atoms with E-state index in [2.05, 4.69) is 26.1 Å². The van der Waals surface area contributed by atoms with Gasteiger partial charge >= 0.3 is 5.97 Å². The highest BCUT2D eigenvalue weighted by atomic mass is 79.9. The average molecular weight is 529 g/mol. The Hall–Kier alpha value is -3.50. The predicted octanol–water partition coefficient (Wildman–Crippen LogP) is 5.99. The molecule has 10 heteroatoms. The van der Waals surface area contributed by atoms with E-state index >= 15 is 0 Å². The van der Waals surface area contributed by atoms with E-state index in [1.54, 1.807) is 30.3 Å². The Labute approximate surface area is 201 Å². The number of methoxy groups -OCH3 is 2. The molecule has 0 spiro atoms. The van der Waals surface area contributed by atoms with Gasteiger partial charge in [-0.25, -0.2) is 4.79 Å². The number of aliphatic carboxylic acids is 1. The Morgan fingerprint density at radius 2 is 1.67 bits per heavy atom. The number of halogens is 1. The lowest BCUT2D eigenvalue weighted by molar-refractivity contribution is -0.131. The molecule has 4 rings (SSSR count). The monoisotopic (exact) mass is 528 g/mol. The molecule has 4 aromatic rings. The van der Waals surface area contributed by atoms with Gasteiger partial charge in [-0.15, -0.1) is 10.2 Å². The summed E-state index contributed by atoms with van der Waals surface area (Å²) in [5.41, 5.74) is 1.45. The van der Waals surface area contributed by atoms with E-state index in [0.29, 0.717) is 28.6 Å². The topological polar surface area (TPSA) is 108 Å². The van der Waals surface area contributed by atoms with Crippen LogP contribution in [-0.2, 0) is 4.79 Å². The number of furan rings is 1. The molecule has 0 atom stereocenters. The van der Waals surface area contributed by atoms with Crippen molar-refractivity contribution >= 4 is 39.7 Å². The first-order chi connectivity index (χ1) is 15.9. The third kappa shape index (κ3) is 5.47. The summed E-state index contributed by atoms with van der Waals surface area (Å²) in [5, 5.41) is 17.7. The summed E-state index contributed by atoms with van der Waals surface area (Å²) < 4.78 is 22.9. The van der Waals surface area contributed by atoms with Crippen LogP contribution in [0.2, 0.25) is 0 Å². The number of aromatic nitrogens is 2. The highest BCUT2D eigenvalue weighted by molar-refractivity contribution is 9.10. The molecular formula is C23H17BrN2O6S. The third-order valence-electron chi connectivity index (χ3n) is 4.44. The van der Waals surface area contributed by atoms with E-state index in [9.17, 15) is 9.90 Å². The zero-order chi connectivity index (χ0) is 23.4. The summed E-state index contributed by atoms with van der Waals surface area (Å²) in [6.45, 7) is 0. The zero-order valence-corrected chi connectivity index (χ0v) is 19.8. The number of rotatable bonds is 8. The third-order valence-corrected chi connectivity index (χ3v) is 5.82. The van der Waals surface area contributed by atoms with Gasteiger partial charge in [0.2, 0.25) is 5.89 Å². The van der Waals surface area contributed by atoms with Crippen LogP contribution in [0.25, 0.3) is 28.9 Å². The van der Waals surface area contributed by atoms with Gasteiger partial charge < -0.3 is 23.4 Å². The van der Waals surface area contributed by atoms with Crippen molar-refractivity contribution in [1.29, 1.82) is 0 Å².